The molecule has 0 aliphatic carbocycles. The van der Waals surface area contributed by atoms with Crippen molar-refractivity contribution < 1.29 is 14.4 Å². The lowest BCUT2D eigenvalue weighted by Gasteiger charge is -2.07. The number of carbonyl (C=O) groups excluding carboxylic acids is 1. The summed E-state index contributed by atoms with van der Waals surface area (Å²) in [6.07, 6.45) is 1.80. The molecule has 0 fully saturated rings. The maximum Gasteiger partial charge on any atom is 0.234 e. The van der Waals surface area contributed by atoms with E-state index in [0.717, 1.165) is 6.07 Å². The quantitative estimate of drug-likeness (QED) is 0.327. The number of hydrogen-bond acceptors (Lipinski definition) is 4. The van der Waals surface area contributed by atoms with Gasteiger partial charge >= 0.3 is 0 Å². The molecule has 0 saturated carbocycles. The van der Waals surface area contributed by atoms with Crippen molar-refractivity contribution >= 4 is 29.2 Å². The first-order valence-electron chi connectivity index (χ1n) is 4.64. The Balaban J connectivity index is 2.93. The lowest BCUT2D eigenvalue weighted by molar-refractivity contribution is -0.113. The molecule has 0 radical (unpaired) electrons. The minimum absolute atomic E-state index is 0.0607. The second-order valence-electron chi connectivity index (χ2n) is 3.16. The van der Waals surface area contributed by atoms with Crippen LogP contribution in [0, 0.1) is 5.82 Å². The highest BCUT2D eigenvalue weighted by Crippen LogP contribution is 2.15. The van der Waals surface area contributed by atoms with Gasteiger partial charge in [-0.05, 0) is 24.5 Å². The van der Waals surface area contributed by atoms with E-state index in [-0.39, 0.29) is 17.3 Å². The topological polar surface area (TPSA) is 87.7 Å². The zero-order valence-electron chi connectivity index (χ0n) is 9.11. The van der Waals surface area contributed by atoms with Crippen molar-refractivity contribution in [3.63, 3.8) is 0 Å². The van der Waals surface area contributed by atoms with Crippen LogP contribution in [0.4, 0.5) is 10.1 Å². The molecule has 1 aromatic carbocycles. The number of thioether (sulfide) groups is 1. The third kappa shape index (κ3) is 3.63. The smallest absolute Gasteiger partial charge is 0.234 e. The van der Waals surface area contributed by atoms with Crippen LogP contribution in [-0.4, -0.2) is 29.0 Å². The summed E-state index contributed by atoms with van der Waals surface area (Å²) < 4.78 is 13.3. The molecule has 1 aromatic rings. The average molecular weight is 257 g/mol. The van der Waals surface area contributed by atoms with Crippen LogP contribution in [0.5, 0.6) is 0 Å². The normalized spacial score (nSPS) is 11.3. The molecule has 92 valence electrons. The second-order valence-corrected chi connectivity index (χ2v) is 4.03. The van der Waals surface area contributed by atoms with Gasteiger partial charge in [0.05, 0.1) is 11.3 Å². The van der Waals surface area contributed by atoms with Crippen molar-refractivity contribution in [1.82, 2.24) is 0 Å². The Morgan fingerprint density at radius 2 is 2.35 bits per heavy atom. The van der Waals surface area contributed by atoms with Crippen LogP contribution in [0.15, 0.2) is 23.4 Å². The van der Waals surface area contributed by atoms with Crippen LogP contribution in [0.1, 0.15) is 5.56 Å². The molecule has 4 N–H and O–H groups in total. The molecule has 17 heavy (non-hydrogen) atoms. The van der Waals surface area contributed by atoms with Gasteiger partial charge in [-0.25, -0.2) is 4.39 Å². The molecule has 0 aliphatic heterocycles. The van der Waals surface area contributed by atoms with Gasteiger partial charge in [-0.3, -0.25) is 4.79 Å². The van der Waals surface area contributed by atoms with Gasteiger partial charge in [0.15, 0.2) is 5.84 Å². The van der Waals surface area contributed by atoms with E-state index in [1.165, 1.54) is 23.9 Å². The van der Waals surface area contributed by atoms with E-state index in [9.17, 15) is 9.18 Å². The van der Waals surface area contributed by atoms with Crippen LogP contribution in [0.3, 0.4) is 0 Å². The highest BCUT2D eigenvalue weighted by atomic mass is 32.2. The number of nitrogens with two attached hydrogens (primary N) is 1. The van der Waals surface area contributed by atoms with Crippen LogP contribution < -0.4 is 11.1 Å². The number of amidine groups is 1. The summed E-state index contributed by atoms with van der Waals surface area (Å²) in [6.45, 7) is 0. The predicted octanol–water partition coefficient (Wildman–Crippen LogP) is 1.22. The van der Waals surface area contributed by atoms with Gasteiger partial charge in [0, 0.05) is 5.69 Å². The number of nitrogens with one attached hydrogen (secondary N) is 1. The fourth-order valence-electron chi connectivity index (χ4n) is 1.18. The molecule has 7 heteroatoms. The lowest BCUT2D eigenvalue weighted by atomic mass is 10.1. The van der Waals surface area contributed by atoms with Gasteiger partial charge in [0.25, 0.3) is 0 Å². The molecule has 5 nitrogen and oxygen atoms in total. The van der Waals surface area contributed by atoms with Crippen LogP contribution in [0.25, 0.3) is 0 Å². The number of benzene rings is 1. The Morgan fingerprint density at radius 1 is 1.65 bits per heavy atom. The fourth-order valence-corrected chi connectivity index (χ4v) is 1.52. The molecular formula is C10H12FN3O2S. The average Bonchev–Trinajstić information content (AvgIpc) is 2.31. The maximum absolute atomic E-state index is 13.3. The Kier molecular flexibility index (Phi) is 4.77. The van der Waals surface area contributed by atoms with Gasteiger partial charge in [0.2, 0.25) is 5.91 Å². The molecule has 0 bridgehead atoms. The lowest BCUT2D eigenvalue weighted by Crippen LogP contribution is -2.17. The Morgan fingerprint density at radius 3 is 2.94 bits per heavy atom. The van der Waals surface area contributed by atoms with E-state index >= 15 is 0 Å². The molecule has 0 atom stereocenters. The molecule has 0 aliphatic rings. The number of anilines is 1. The van der Waals surface area contributed by atoms with Gasteiger partial charge in [-0.15, -0.1) is 0 Å². The van der Waals surface area contributed by atoms with Crippen LogP contribution in [-0.2, 0) is 4.79 Å². The molecule has 1 rings (SSSR count). The first kappa shape index (κ1) is 13.3. The second kappa shape index (κ2) is 6.09. The van der Waals surface area contributed by atoms with Crippen molar-refractivity contribution in [3.8, 4) is 0 Å². The maximum atomic E-state index is 13.3. The highest BCUT2D eigenvalue weighted by Gasteiger charge is 2.09. The number of halogens is 1. The summed E-state index contributed by atoms with van der Waals surface area (Å²) in [5.74, 6) is -0.864. The summed E-state index contributed by atoms with van der Waals surface area (Å²) in [4.78, 5) is 11.3. The van der Waals surface area contributed by atoms with E-state index in [0.29, 0.717) is 11.4 Å². The number of oxime groups is 1. The third-order valence-electron chi connectivity index (χ3n) is 1.91. The predicted molar refractivity (Wildman–Crippen MR) is 65.9 cm³/mol. The Bertz CT molecular complexity index is 451. The van der Waals surface area contributed by atoms with E-state index in [4.69, 9.17) is 10.9 Å². The number of rotatable bonds is 4. The zero-order chi connectivity index (χ0) is 12.8. The van der Waals surface area contributed by atoms with E-state index < -0.39 is 5.82 Å². The molecule has 0 unspecified atom stereocenters. The number of hydrogen-bond donors (Lipinski definition) is 3. The van der Waals surface area contributed by atoms with Gasteiger partial charge in [0.1, 0.15) is 5.82 Å². The number of nitrogens with zero attached hydrogens (tertiary/aromatic N) is 1. The number of carbonyl (C=O) groups is 1. The van der Waals surface area contributed by atoms with Gasteiger partial charge in [-0.2, -0.15) is 11.8 Å². The first-order valence-corrected chi connectivity index (χ1v) is 6.04. The fraction of sp³-hybridized carbons (Fsp3) is 0.200. The van der Waals surface area contributed by atoms with Crippen molar-refractivity contribution in [2.75, 3.05) is 17.3 Å². The van der Waals surface area contributed by atoms with Crippen molar-refractivity contribution in [3.05, 3.63) is 29.6 Å². The first-order chi connectivity index (χ1) is 8.08. The number of amides is 1. The summed E-state index contributed by atoms with van der Waals surface area (Å²) in [5.41, 5.74) is 5.63. The van der Waals surface area contributed by atoms with Gasteiger partial charge < -0.3 is 16.3 Å². The highest BCUT2D eigenvalue weighted by molar-refractivity contribution is 7.99. The largest absolute Gasteiger partial charge is 0.409 e. The van der Waals surface area contributed by atoms with Crippen molar-refractivity contribution in [1.29, 1.82) is 0 Å². The standard InChI is InChI=1S/C10H12FN3O2S/c1-17-5-9(15)13-6-2-3-8(11)7(4-6)10(12)14-16/h2-4,16H,5H2,1H3,(H2,12,14)(H,13,15). The minimum atomic E-state index is -0.622. The SMILES string of the molecule is CSCC(=O)Nc1ccc(F)c(C(N)=NO)c1. The minimum Gasteiger partial charge on any atom is -0.409 e. The third-order valence-corrected chi connectivity index (χ3v) is 2.46. The Labute approximate surface area is 102 Å². The van der Waals surface area contributed by atoms with Crippen LogP contribution >= 0.6 is 11.8 Å². The molecule has 0 aromatic heterocycles. The van der Waals surface area contributed by atoms with E-state index in [1.807, 2.05) is 0 Å². The monoisotopic (exact) mass is 257 g/mol. The van der Waals surface area contributed by atoms with E-state index in [1.54, 1.807) is 6.26 Å². The molecular weight excluding hydrogens is 245 g/mol. The molecule has 1 amide bonds. The molecule has 0 saturated heterocycles. The van der Waals surface area contributed by atoms with E-state index in [2.05, 4.69) is 10.5 Å². The van der Waals surface area contributed by atoms with Crippen molar-refractivity contribution in [2.24, 2.45) is 10.9 Å². The van der Waals surface area contributed by atoms with Gasteiger partial charge in [-0.1, -0.05) is 5.16 Å². The summed E-state index contributed by atoms with van der Waals surface area (Å²) in [7, 11) is 0. The molecule has 0 spiro atoms. The Hall–Kier alpha value is -1.76. The summed E-state index contributed by atoms with van der Waals surface area (Å²) in [6, 6.07) is 3.85. The molecule has 0 heterocycles. The van der Waals surface area contributed by atoms with Crippen LogP contribution in [0.2, 0.25) is 0 Å². The zero-order valence-corrected chi connectivity index (χ0v) is 9.92. The summed E-state index contributed by atoms with van der Waals surface area (Å²) >= 11 is 1.37. The summed E-state index contributed by atoms with van der Waals surface area (Å²) in [5, 5.41) is 13.8. The van der Waals surface area contributed by atoms with Crippen molar-refractivity contribution in [2.45, 2.75) is 0 Å².